The van der Waals surface area contributed by atoms with E-state index in [0.717, 1.165) is 17.7 Å². The number of nitrogens with zero attached hydrogens (tertiary/aromatic N) is 2. The summed E-state index contributed by atoms with van der Waals surface area (Å²) in [6, 6.07) is 5.37. The maximum absolute atomic E-state index is 12.1. The van der Waals surface area contributed by atoms with Crippen LogP contribution in [0.1, 0.15) is 23.9 Å². The summed E-state index contributed by atoms with van der Waals surface area (Å²) in [6.45, 7) is 1.86. The molecule has 0 radical (unpaired) electrons. The fraction of sp³-hybridized carbons (Fsp3) is 0.400. The van der Waals surface area contributed by atoms with Crippen LogP contribution in [0.15, 0.2) is 27.8 Å². The van der Waals surface area contributed by atoms with E-state index in [-0.39, 0.29) is 17.7 Å². The van der Waals surface area contributed by atoms with Crippen molar-refractivity contribution >= 4 is 46.7 Å². The van der Waals surface area contributed by atoms with Gasteiger partial charge in [-0.3, -0.25) is 4.79 Å². The number of nitrogens with one attached hydrogen (secondary N) is 1. The predicted octanol–water partition coefficient (Wildman–Crippen LogP) is 2.80. The highest BCUT2D eigenvalue weighted by Gasteiger charge is 2.18. The summed E-state index contributed by atoms with van der Waals surface area (Å²) < 4.78 is 5.55. The van der Waals surface area contributed by atoms with Gasteiger partial charge in [0.2, 0.25) is 5.91 Å². The lowest BCUT2D eigenvalue weighted by atomic mass is 10.2. The minimum Gasteiger partial charge on any atom is -0.410 e. The predicted molar refractivity (Wildman–Crippen MR) is 98.5 cm³/mol. The third-order valence-electron chi connectivity index (χ3n) is 3.31. The number of thioether (sulfide) groups is 2. The van der Waals surface area contributed by atoms with Gasteiger partial charge in [-0.1, -0.05) is 29.4 Å². The second-order valence-corrected chi connectivity index (χ2v) is 7.45. The van der Waals surface area contributed by atoms with Crippen molar-refractivity contribution < 1.29 is 14.9 Å². The van der Waals surface area contributed by atoms with Gasteiger partial charge in [0.05, 0.1) is 5.75 Å². The van der Waals surface area contributed by atoms with Crippen molar-refractivity contribution in [3.05, 3.63) is 34.7 Å². The zero-order valence-corrected chi connectivity index (χ0v) is 15.9. The number of carbonyl (C=O) groups is 1. The summed E-state index contributed by atoms with van der Waals surface area (Å²) in [6.07, 6.45) is 2.92. The minimum absolute atomic E-state index is 0.0257. The molecule has 6 nitrogen and oxygen atoms in total. The van der Waals surface area contributed by atoms with Crippen molar-refractivity contribution in [2.45, 2.75) is 24.6 Å². The molecule has 1 heterocycles. The second-order valence-electron chi connectivity index (χ2n) is 5.13. The molecule has 24 heavy (non-hydrogen) atoms. The van der Waals surface area contributed by atoms with Crippen LogP contribution in [0.4, 0.5) is 5.69 Å². The van der Waals surface area contributed by atoms with Crippen molar-refractivity contribution in [1.82, 2.24) is 10.2 Å². The van der Waals surface area contributed by atoms with Crippen molar-refractivity contribution in [2.75, 3.05) is 23.1 Å². The largest absolute Gasteiger partial charge is 0.410 e. The molecule has 4 N–H and O–H groups in total. The molecule has 0 fully saturated rings. The standard InChI is InChI=1S/C15H19ClN4O2S2/c1-9-10(16)4-3-5-12(9)18-13(21)8-24-15-20-19-14(22-15)11(17)6-7-23-2/h3-5,11H,6-8,17H2,1-2H3,(H,18,21)/p+1. The summed E-state index contributed by atoms with van der Waals surface area (Å²) in [7, 11) is 0. The van der Waals surface area contributed by atoms with Crippen molar-refractivity contribution in [3.8, 4) is 0 Å². The number of aromatic nitrogens is 2. The maximum Gasteiger partial charge on any atom is 0.277 e. The number of quaternary nitrogens is 1. The van der Waals surface area contributed by atoms with E-state index in [9.17, 15) is 4.79 Å². The van der Waals surface area contributed by atoms with E-state index < -0.39 is 0 Å². The monoisotopic (exact) mass is 387 g/mol. The third kappa shape index (κ3) is 5.41. The van der Waals surface area contributed by atoms with E-state index in [1.165, 1.54) is 11.8 Å². The molecule has 0 aliphatic heterocycles. The number of anilines is 1. The number of amides is 1. The Morgan fingerprint density at radius 3 is 3.00 bits per heavy atom. The van der Waals surface area contributed by atoms with Crippen LogP contribution in [0, 0.1) is 6.92 Å². The van der Waals surface area contributed by atoms with E-state index >= 15 is 0 Å². The molecule has 1 aromatic carbocycles. The fourth-order valence-corrected chi connectivity index (χ4v) is 3.15. The van der Waals surface area contributed by atoms with Gasteiger partial charge in [-0.2, -0.15) is 11.8 Å². The Bertz CT molecular complexity index is 696. The lowest BCUT2D eigenvalue weighted by Crippen LogP contribution is -2.53. The molecule has 9 heteroatoms. The highest BCUT2D eigenvalue weighted by atomic mass is 35.5. The van der Waals surface area contributed by atoms with Crippen LogP contribution in [0.25, 0.3) is 0 Å². The van der Waals surface area contributed by atoms with Crippen molar-refractivity contribution in [1.29, 1.82) is 0 Å². The van der Waals surface area contributed by atoms with Gasteiger partial charge in [0, 0.05) is 17.1 Å². The van der Waals surface area contributed by atoms with Crippen LogP contribution in [0.5, 0.6) is 0 Å². The van der Waals surface area contributed by atoms with Crippen LogP contribution >= 0.6 is 35.1 Å². The topological polar surface area (TPSA) is 95.7 Å². The van der Waals surface area contributed by atoms with E-state index in [0.29, 0.717) is 21.8 Å². The Kier molecular flexibility index (Phi) is 7.41. The van der Waals surface area contributed by atoms with Crippen LogP contribution in [0.2, 0.25) is 5.02 Å². The second kappa shape index (κ2) is 9.31. The first-order valence-electron chi connectivity index (χ1n) is 7.34. The Morgan fingerprint density at radius 2 is 2.25 bits per heavy atom. The Balaban J connectivity index is 1.86. The summed E-state index contributed by atoms with van der Waals surface area (Å²) in [5.74, 6) is 1.52. The van der Waals surface area contributed by atoms with E-state index in [1.807, 2.05) is 19.2 Å². The molecule has 0 aliphatic rings. The lowest BCUT2D eigenvalue weighted by molar-refractivity contribution is -0.432. The number of rotatable bonds is 8. The number of benzene rings is 1. The third-order valence-corrected chi connectivity index (χ3v) is 5.18. The average molecular weight is 388 g/mol. The maximum atomic E-state index is 12.1. The minimum atomic E-state index is -0.154. The highest BCUT2D eigenvalue weighted by Crippen LogP contribution is 2.24. The fourth-order valence-electron chi connectivity index (χ4n) is 1.88. The van der Waals surface area contributed by atoms with Gasteiger partial charge in [-0.05, 0) is 36.6 Å². The molecule has 1 aromatic heterocycles. The smallest absolute Gasteiger partial charge is 0.277 e. The van der Waals surface area contributed by atoms with Gasteiger partial charge < -0.3 is 15.5 Å². The summed E-state index contributed by atoms with van der Waals surface area (Å²) >= 11 is 8.99. The van der Waals surface area contributed by atoms with Gasteiger partial charge in [0.25, 0.3) is 11.1 Å². The molecule has 0 spiro atoms. The first-order chi connectivity index (χ1) is 11.5. The van der Waals surface area contributed by atoms with Crippen LogP contribution in [-0.4, -0.2) is 33.9 Å². The average Bonchev–Trinajstić information content (AvgIpc) is 3.04. The SMILES string of the molecule is CSCCC([NH3+])c1nnc(SCC(=O)Nc2cccc(Cl)c2C)o1. The molecule has 1 atom stereocenters. The summed E-state index contributed by atoms with van der Waals surface area (Å²) in [5, 5.41) is 11.8. The molecule has 1 amide bonds. The molecular weight excluding hydrogens is 368 g/mol. The van der Waals surface area contributed by atoms with Crippen molar-refractivity contribution in [3.63, 3.8) is 0 Å². The normalized spacial score (nSPS) is 12.2. The molecule has 1 unspecified atom stereocenters. The summed E-state index contributed by atoms with van der Waals surface area (Å²) in [4.78, 5) is 12.1. The molecule has 130 valence electrons. The van der Waals surface area contributed by atoms with Crippen LogP contribution in [-0.2, 0) is 4.79 Å². The number of halogens is 1. The molecule has 0 aliphatic carbocycles. The summed E-state index contributed by atoms with van der Waals surface area (Å²) in [5.41, 5.74) is 5.56. The van der Waals surface area contributed by atoms with Gasteiger partial charge in [-0.15, -0.1) is 10.2 Å². The van der Waals surface area contributed by atoms with Gasteiger partial charge in [0.15, 0.2) is 6.04 Å². The molecular formula is C15H20ClN4O2S2+. The van der Waals surface area contributed by atoms with Gasteiger partial charge in [0.1, 0.15) is 0 Å². The Labute approximate surface area is 154 Å². The Morgan fingerprint density at radius 1 is 1.46 bits per heavy atom. The number of hydrogen-bond acceptors (Lipinski definition) is 6. The zero-order chi connectivity index (χ0) is 17.5. The Hall–Kier alpha value is -1.22. The number of hydrogen-bond donors (Lipinski definition) is 2. The van der Waals surface area contributed by atoms with E-state index in [4.69, 9.17) is 16.0 Å². The van der Waals surface area contributed by atoms with Gasteiger partial charge in [-0.25, -0.2) is 0 Å². The van der Waals surface area contributed by atoms with Crippen molar-refractivity contribution in [2.24, 2.45) is 0 Å². The lowest BCUT2D eigenvalue weighted by Gasteiger charge is -2.08. The highest BCUT2D eigenvalue weighted by molar-refractivity contribution is 7.99. The quantitative estimate of drug-likeness (QED) is 0.676. The van der Waals surface area contributed by atoms with Crippen LogP contribution < -0.4 is 11.1 Å². The zero-order valence-electron chi connectivity index (χ0n) is 13.5. The van der Waals surface area contributed by atoms with Crippen LogP contribution in [0.3, 0.4) is 0 Å². The number of carbonyl (C=O) groups excluding carboxylic acids is 1. The molecule has 2 rings (SSSR count). The molecule has 0 saturated heterocycles. The van der Waals surface area contributed by atoms with Gasteiger partial charge >= 0.3 is 0 Å². The molecule has 2 aromatic rings. The van der Waals surface area contributed by atoms with E-state index in [1.54, 1.807) is 23.9 Å². The first kappa shape index (κ1) is 19.1. The molecule has 0 bridgehead atoms. The first-order valence-corrected chi connectivity index (χ1v) is 10.1. The molecule has 0 saturated carbocycles. The van der Waals surface area contributed by atoms with E-state index in [2.05, 4.69) is 21.2 Å².